The van der Waals surface area contributed by atoms with Crippen molar-refractivity contribution in [1.29, 1.82) is 5.26 Å². The number of rotatable bonds is 5. The van der Waals surface area contributed by atoms with Gasteiger partial charge in [0.2, 0.25) is 0 Å². The van der Waals surface area contributed by atoms with Crippen molar-refractivity contribution in [3.63, 3.8) is 0 Å². The van der Waals surface area contributed by atoms with E-state index in [2.05, 4.69) is 0 Å². The monoisotopic (exact) mass is 329 g/mol. The fraction of sp³-hybridized carbons (Fsp3) is 0.118. The van der Waals surface area contributed by atoms with Crippen LogP contribution in [0.25, 0.3) is 6.08 Å². The van der Waals surface area contributed by atoms with E-state index in [0.717, 1.165) is 5.56 Å². The molecule has 0 spiro atoms. The lowest BCUT2D eigenvalue weighted by atomic mass is 10.2. The molecule has 0 fully saturated rings. The van der Waals surface area contributed by atoms with Gasteiger partial charge in [-0.2, -0.15) is 13.7 Å². The maximum Gasteiger partial charge on any atom is 0.339 e. The number of hydrogen-bond donors (Lipinski definition) is 0. The van der Waals surface area contributed by atoms with Crippen LogP contribution in [0.2, 0.25) is 0 Å². The molecule has 0 aliphatic rings. The summed E-state index contributed by atoms with van der Waals surface area (Å²) in [4.78, 5) is -0.0869. The molecule has 5 nitrogen and oxygen atoms in total. The first kappa shape index (κ1) is 16.6. The highest BCUT2D eigenvalue weighted by Gasteiger charge is 2.19. The van der Waals surface area contributed by atoms with E-state index in [1.807, 2.05) is 25.1 Å². The molecule has 2 aromatic rings. The van der Waals surface area contributed by atoms with E-state index >= 15 is 0 Å². The van der Waals surface area contributed by atoms with E-state index in [1.54, 1.807) is 12.1 Å². The third kappa shape index (κ3) is 3.90. The predicted molar refractivity (Wildman–Crippen MR) is 86.7 cm³/mol. The molecular weight excluding hydrogens is 314 g/mol. The number of benzene rings is 2. The summed E-state index contributed by atoms with van der Waals surface area (Å²) in [7, 11) is -2.62. The van der Waals surface area contributed by atoms with E-state index in [-0.39, 0.29) is 16.2 Å². The molecule has 0 heterocycles. The van der Waals surface area contributed by atoms with Crippen molar-refractivity contribution >= 4 is 16.2 Å². The van der Waals surface area contributed by atoms with Crippen molar-refractivity contribution in [2.75, 3.05) is 7.11 Å². The van der Waals surface area contributed by atoms with E-state index in [1.165, 1.54) is 37.4 Å². The van der Waals surface area contributed by atoms with Crippen LogP contribution in [0.1, 0.15) is 18.1 Å². The van der Waals surface area contributed by atoms with Gasteiger partial charge in [0.25, 0.3) is 0 Å². The van der Waals surface area contributed by atoms with Crippen molar-refractivity contribution in [3.05, 3.63) is 59.7 Å². The molecule has 23 heavy (non-hydrogen) atoms. The van der Waals surface area contributed by atoms with Gasteiger partial charge in [-0.15, -0.1) is 0 Å². The van der Waals surface area contributed by atoms with Gasteiger partial charge in [-0.05, 0) is 42.8 Å². The second-order valence-electron chi connectivity index (χ2n) is 4.59. The lowest BCUT2D eigenvalue weighted by Crippen LogP contribution is -2.10. The van der Waals surface area contributed by atoms with Gasteiger partial charge in [-0.1, -0.05) is 24.3 Å². The predicted octanol–water partition coefficient (Wildman–Crippen LogP) is 3.37. The third-order valence-electron chi connectivity index (χ3n) is 3.00. The molecule has 0 bridgehead atoms. The molecule has 0 unspecified atom stereocenters. The van der Waals surface area contributed by atoms with Crippen LogP contribution in [-0.4, -0.2) is 15.5 Å². The van der Waals surface area contributed by atoms with Crippen LogP contribution in [0.5, 0.6) is 11.5 Å². The van der Waals surface area contributed by atoms with Crippen molar-refractivity contribution in [1.82, 2.24) is 0 Å². The molecule has 0 radical (unpaired) electrons. The van der Waals surface area contributed by atoms with Crippen LogP contribution in [0.4, 0.5) is 0 Å². The summed E-state index contributed by atoms with van der Waals surface area (Å²) in [5, 5.41) is 8.87. The second kappa shape index (κ2) is 6.99. The second-order valence-corrected chi connectivity index (χ2v) is 6.13. The molecule has 0 aliphatic carbocycles. The smallest absolute Gasteiger partial charge is 0.339 e. The van der Waals surface area contributed by atoms with Crippen molar-refractivity contribution in [3.8, 4) is 17.6 Å². The van der Waals surface area contributed by atoms with Crippen LogP contribution in [0.3, 0.4) is 0 Å². The topological polar surface area (TPSA) is 76.4 Å². The van der Waals surface area contributed by atoms with Gasteiger partial charge in [0.1, 0.15) is 4.90 Å². The molecule has 0 amide bonds. The van der Waals surface area contributed by atoms with Crippen molar-refractivity contribution in [2.24, 2.45) is 0 Å². The zero-order valence-electron chi connectivity index (χ0n) is 12.7. The largest absolute Gasteiger partial charge is 0.493 e. The molecule has 6 heteroatoms. The Morgan fingerprint density at radius 2 is 1.91 bits per heavy atom. The summed E-state index contributed by atoms with van der Waals surface area (Å²) in [6.45, 7) is 1.88. The molecule has 2 rings (SSSR count). The van der Waals surface area contributed by atoms with E-state index in [4.69, 9.17) is 14.2 Å². The summed E-state index contributed by atoms with van der Waals surface area (Å²) in [6, 6.07) is 12.5. The molecule has 0 N–H and O–H groups in total. The lowest BCUT2D eigenvalue weighted by molar-refractivity contribution is 0.390. The van der Waals surface area contributed by atoms with Gasteiger partial charge >= 0.3 is 10.1 Å². The molecule has 2 aromatic carbocycles. The van der Waals surface area contributed by atoms with Gasteiger partial charge in [0, 0.05) is 0 Å². The van der Waals surface area contributed by atoms with Crippen LogP contribution in [0, 0.1) is 11.3 Å². The molecule has 0 saturated heterocycles. The van der Waals surface area contributed by atoms with E-state index in [9.17, 15) is 8.42 Å². The minimum atomic E-state index is -4.05. The number of methoxy groups -OCH3 is 1. The van der Waals surface area contributed by atoms with Gasteiger partial charge < -0.3 is 8.92 Å². The zero-order chi connectivity index (χ0) is 16.9. The Morgan fingerprint density at radius 3 is 2.57 bits per heavy atom. The van der Waals surface area contributed by atoms with E-state index in [0.29, 0.717) is 5.75 Å². The average Bonchev–Trinajstić information content (AvgIpc) is 2.56. The molecule has 0 aromatic heterocycles. The van der Waals surface area contributed by atoms with Crippen LogP contribution in [0.15, 0.2) is 53.4 Å². The fourth-order valence-corrected chi connectivity index (χ4v) is 2.92. The molecular formula is C17H15NO4S. The Balaban J connectivity index is 2.39. The Hall–Kier alpha value is -2.78. The van der Waals surface area contributed by atoms with Crippen molar-refractivity contribution < 1.29 is 17.3 Å². The number of nitriles is 1. The Morgan fingerprint density at radius 1 is 1.13 bits per heavy atom. The fourth-order valence-electron chi connectivity index (χ4n) is 1.94. The Labute approximate surface area is 135 Å². The third-order valence-corrected chi connectivity index (χ3v) is 4.23. The first-order valence-corrected chi connectivity index (χ1v) is 8.16. The summed E-state index contributed by atoms with van der Waals surface area (Å²) in [5.41, 5.74) is 1.10. The highest BCUT2D eigenvalue weighted by atomic mass is 32.2. The summed E-state index contributed by atoms with van der Waals surface area (Å²) in [6.07, 6.45) is 3.72. The number of ether oxygens (including phenoxy) is 1. The van der Waals surface area contributed by atoms with Gasteiger partial charge in [-0.3, -0.25) is 0 Å². The summed E-state index contributed by atoms with van der Waals surface area (Å²) < 4.78 is 35.0. The van der Waals surface area contributed by atoms with Crippen molar-refractivity contribution in [2.45, 2.75) is 11.8 Å². The van der Waals surface area contributed by atoms with E-state index < -0.39 is 10.1 Å². The number of hydrogen-bond acceptors (Lipinski definition) is 5. The van der Waals surface area contributed by atoms with Gasteiger partial charge in [0.15, 0.2) is 11.5 Å². The Kier molecular flexibility index (Phi) is 5.04. The minimum absolute atomic E-state index is 0.0862. The number of allylic oxidation sites excluding steroid dienone is 1. The highest BCUT2D eigenvalue weighted by molar-refractivity contribution is 7.87. The maximum atomic E-state index is 12.3. The van der Waals surface area contributed by atoms with Crippen LogP contribution >= 0.6 is 0 Å². The quantitative estimate of drug-likeness (QED) is 0.786. The summed E-state index contributed by atoms with van der Waals surface area (Å²) in [5.74, 6) is 0.392. The molecule has 0 saturated carbocycles. The first-order valence-electron chi connectivity index (χ1n) is 6.75. The minimum Gasteiger partial charge on any atom is -0.493 e. The first-order chi connectivity index (χ1) is 11.0. The highest BCUT2D eigenvalue weighted by Crippen LogP contribution is 2.31. The van der Waals surface area contributed by atoms with Gasteiger partial charge in [0.05, 0.1) is 18.7 Å². The molecule has 118 valence electrons. The molecule has 0 atom stereocenters. The van der Waals surface area contributed by atoms with Gasteiger partial charge in [-0.25, -0.2) is 0 Å². The standard InChI is InChI=1S/C17H15NO4S/c1-3-5-13-8-9-16(17(11-13)21-2)22-23(19,20)15-7-4-6-14(10-15)12-18/h3-11H,1-2H3/b5-3+. The Bertz CT molecular complexity index is 880. The lowest BCUT2D eigenvalue weighted by Gasteiger charge is -2.11. The number of nitrogens with zero attached hydrogens (tertiary/aromatic N) is 1. The maximum absolute atomic E-state index is 12.3. The SMILES string of the molecule is C/C=C/c1ccc(OS(=O)(=O)c2cccc(C#N)c2)c(OC)c1. The summed E-state index contributed by atoms with van der Waals surface area (Å²) >= 11 is 0. The average molecular weight is 329 g/mol. The normalized spacial score (nSPS) is 11.2. The van der Waals surface area contributed by atoms with Crippen LogP contribution < -0.4 is 8.92 Å². The zero-order valence-corrected chi connectivity index (χ0v) is 13.5. The molecule has 0 aliphatic heterocycles. The van der Waals surface area contributed by atoms with Crippen LogP contribution in [-0.2, 0) is 10.1 Å².